The molecule has 2 N–H and O–H groups in total. The summed E-state index contributed by atoms with van der Waals surface area (Å²) in [5.41, 5.74) is 3.74. The van der Waals surface area contributed by atoms with Crippen molar-refractivity contribution >= 4 is 23.4 Å². The summed E-state index contributed by atoms with van der Waals surface area (Å²) in [5.74, 6) is 2.07. The van der Waals surface area contributed by atoms with Crippen LogP contribution >= 0.6 is 0 Å². The van der Waals surface area contributed by atoms with Crippen LogP contribution in [-0.4, -0.2) is 51.7 Å². The Morgan fingerprint density at radius 2 is 1.52 bits per heavy atom. The van der Waals surface area contributed by atoms with E-state index in [4.69, 9.17) is 9.47 Å². The maximum absolute atomic E-state index is 14.0. The van der Waals surface area contributed by atoms with Gasteiger partial charge in [-0.25, -0.2) is 4.79 Å². The minimum absolute atomic E-state index is 0.0261. The predicted molar refractivity (Wildman–Crippen MR) is 189 cm³/mol. The molecule has 7 unspecified atom stereocenters. The molecule has 7 nitrogen and oxygen atoms in total. The van der Waals surface area contributed by atoms with Gasteiger partial charge in [0.1, 0.15) is 0 Å². The number of esters is 2. The van der Waals surface area contributed by atoms with E-state index in [-0.39, 0.29) is 44.9 Å². The van der Waals surface area contributed by atoms with E-state index in [2.05, 4.69) is 63.5 Å². The number of rotatable bonds is 9. The van der Waals surface area contributed by atoms with Gasteiger partial charge in [-0.05, 0) is 126 Å². The van der Waals surface area contributed by atoms with Gasteiger partial charge in [0.15, 0.2) is 0 Å². The minimum atomic E-state index is -0.291. The zero-order chi connectivity index (χ0) is 34.5. The van der Waals surface area contributed by atoms with Crippen LogP contribution in [0.1, 0.15) is 121 Å². The van der Waals surface area contributed by atoms with Gasteiger partial charge in [-0.15, -0.1) is 0 Å². The van der Waals surface area contributed by atoms with Crippen LogP contribution in [0.4, 0.5) is 0 Å². The number of carbonyl (C=O) groups excluding carboxylic acids is 3. The summed E-state index contributed by atoms with van der Waals surface area (Å²) in [6.07, 6.45) is 14.5. The predicted octanol–water partition coefficient (Wildman–Crippen LogP) is 7.59. The second-order valence-electron chi connectivity index (χ2n) is 17.3. The monoisotopic (exact) mass is 660 g/mol. The Labute approximate surface area is 288 Å². The summed E-state index contributed by atoms with van der Waals surface area (Å²) in [6.45, 7) is 14.7. The van der Waals surface area contributed by atoms with Crippen LogP contribution in [0.15, 0.2) is 30.3 Å². The SMILES string of the molecule is COC(=O)CCNCCNC(=O)C12CCCC1C1CCC3C4(C)CC=C(c5ccc(C(=O)OC)cc5)C(C)(C)C4CCC3(C)[C@]1(C)CC2. The molecule has 8 atom stereocenters. The van der Waals surface area contributed by atoms with Crippen LogP contribution in [0.2, 0.25) is 0 Å². The summed E-state index contributed by atoms with van der Waals surface area (Å²) >= 11 is 0. The van der Waals surface area contributed by atoms with E-state index in [0.29, 0.717) is 55.3 Å². The number of fused-ring (bicyclic) bond motifs is 7. The van der Waals surface area contributed by atoms with Gasteiger partial charge in [-0.3, -0.25) is 9.59 Å². The Hall–Kier alpha value is -2.67. The average Bonchev–Trinajstić information content (AvgIpc) is 3.51. The highest BCUT2D eigenvalue weighted by molar-refractivity contribution is 5.90. The molecule has 48 heavy (non-hydrogen) atoms. The van der Waals surface area contributed by atoms with Gasteiger partial charge in [0, 0.05) is 19.6 Å². The second-order valence-corrected chi connectivity index (χ2v) is 17.3. The lowest BCUT2D eigenvalue weighted by molar-refractivity contribution is -0.222. The first kappa shape index (κ1) is 35.2. The molecule has 1 aromatic carbocycles. The Morgan fingerprint density at radius 3 is 2.23 bits per heavy atom. The van der Waals surface area contributed by atoms with E-state index in [9.17, 15) is 14.4 Å². The summed E-state index contributed by atoms with van der Waals surface area (Å²) < 4.78 is 9.66. The zero-order valence-corrected chi connectivity index (χ0v) is 30.6. The molecule has 0 aromatic heterocycles. The number of nitrogens with one attached hydrogen (secondary N) is 2. The molecular formula is C41H60N2O5. The molecule has 0 spiro atoms. The number of benzene rings is 1. The van der Waals surface area contributed by atoms with E-state index >= 15 is 0 Å². The summed E-state index contributed by atoms with van der Waals surface area (Å²) in [5, 5.41) is 6.59. The molecule has 0 heterocycles. The van der Waals surface area contributed by atoms with E-state index in [1.54, 1.807) is 0 Å². The molecule has 5 aliphatic carbocycles. The lowest BCUT2D eigenvalue weighted by Crippen LogP contribution is -2.66. The summed E-state index contributed by atoms with van der Waals surface area (Å²) in [6, 6.07) is 8.02. The largest absolute Gasteiger partial charge is 0.469 e. The topological polar surface area (TPSA) is 93.7 Å². The minimum Gasteiger partial charge on any atom is -0.469 e. The third-order valence-corrected chi connectivity index (χ3v) is 15.3. The van der Waals surface area contributed by atoms with Gasteiger partial charge in [0.25, 0.3) is 0 Å². The van der Waals surface area contributed by atoms with Gasteiger partial charge in [-0.1, -0.05) is 59.2 Å². The van der Waals surface area contributed by atoms with Gasteiger partial charge in [-0.2, -0.15) is 0 Å². The molecule has 5 aliphatic rings. The maximum Gasteiger partial charge on any atom is 0.337 e. The Kier molecular flexibility index (Phi) is 9.45. The first-order valence-corrected chi connectivity index (χ1v) is 18.7. The van der Waals surface area contributed by atoms with Crippen LogP contribution < -0.4 is 10.6 Å². The molecule has 4 saturated carbocycles. The van der Waals surface area contributed by atoms with Gasteiger partial charge in [0.2, 0.25) is 5.91 Å². The van der Waals surface area contributed by atoms with Gasteiger partial charge in [0.05, 0.1) is 31.6 Å². The highest BCUT2D eigenvalue weighted by atomic mass is 16.5. The van der Waals surface area contributed by atoms with Gasteiger partial charge < -0.3 is 20.1 Å². The molecule has 0 saturated heterocycles. The van der Waals surface area contributed by atoms with E-state index in [0.717, 1.165) is 32.1 Å². The molecule has 6 rings (SSSR count). The molecule has 1 amide bonds. The number of amides is 1. The zero-order valence-electron chi connectivity index (χ0n) is 30.6. The molecule has 264 valence electrons. The van der Waals surface area contributed by atoms with E-state index in [1.165, 1.54) is 57.5 Å². The van der Waals surface area contributed by atoms with Crippen molar-refractivity contribution in [1.29, 1.82) is 0 Å². The normalized spacial score (nSPS) is 37.9. The highest BCUT2D eigenvalue weighted by Gasteiger charge is 2.70. The molecule has 4 fully saturated rings. The number of carbonyl (C=O) groups is 3. The average molecular weight is 661 g/mol. The van der Waals surface area contributed by atoms with Crippen molar-refractivity contribution in [3.8, 4) is 0 Å². The van der Waals surface area contributed by atoms with Crippen molar-refractivity contribution in [3.63, 3.8) is 0 Å². The lowest BCUT2D eigenvalue weighted by Gasteiger charge is -2.72. The molecular weight excluding hydrogens is 600 g/mol. The van der Waals surface area contributed by atoms with Crippen LogP contribution in [0.5, 0.6) is 0 Å². The van der Waals surface area contributed by atoms with Crippen molar-refractivity contribution in [2.45, 2.75) is 105 Å². The fraction of sp³-hybridized carbons (Fsp3) is 0.732. The number of hydrogen-bond donors (Lipinski definition) is 2. The molecule has 0 bridgehead atoms. The lowest BCUT2D eigenvalue weighted by atomic mass is 9.32. The summed E-state index contributed by atoms with van der Waals surface area (Å²) in [7, 11) is 2.84. The number of methoxy groups -OCH3 is 2. The van der Waals surface area contributed by atoms with Crippen molar-refractivity contribution in [1.82, 2.24) is 10.6 Å². The van der Waals surface area contributed by atoms with Crippen LogP contribution in [0.3, 0.4) is 0 Å². The second kappa shape index (κ2) is 12.9. The standard InChI is InChI=1S/C41H60N2O5/c1-37(2)29(27-10-12-28(13-11-27)35(45)48-7)16-20-38(3)32(37)17-21-40(5)33(38)15-14-30-31-9-8-19-41(31,23-22-39(30,40)4)36(46)43-26-25-42-24-18-34(44)47-6/h10-13,16,30-33,42H,8-9,14-15,17-26H2,1-7H3,(H,43,46)/t30?,31?,32?,33?,38?,39-,40?,41?/m1/s1. The van der Waals surface area contributed by atoms with Crippen molar-refractivity contribution < 1.29 is 23.9 Å². The molecule has 0 radical (unpaired) electrons. The number of hydrogen-bond acceptors (Lipinski definition) is 6. The van der Waals surface area contributed by atoms with Crippen molar-refractivity contribution in [3.05, 3.63) is 41.5 Å². The van der Waals surface area contributed by atoms with Crippen LogP contribution in [0, 0.1) is 50.7 Å². The van der Waals surface area contributed by atoms with Crippen molar-refractivity contribution in [2.75, 3.05) is 33.9 Å². The molecule has 1 aromatic rings. The Bertz CT molecular complexity index is 1430. The third-order valence-electron chi connectivity index (χ3n) is 15.3. The quantitative estimate of drug-likeness (QED) is 0.209. The fourth-order valence-corrected chi connectivity index (χ4v) is 12.8. The highest BCUT2D eigenvalue weighted by Crippen LogP contribution is 2.77. The molecule has 0 aliphatic heterocycles. The van der Waals surface area contributed by atoms with Crippen LogP contribution in [0.25, 0.3) is 5.57 Å². The first-order chi connectivity index (χ1) is 22.8. The van der Waals surface area contributed by atoms with E-state index < -0.39 is 0 Å². The van der Waals surface area contributed by atoms with Gasteiger partial charge >= 0.3 is 11.9 Å². The number of ether oxygens (including phenoxy) is 2. The fourth-order valence-electron chi connectivity index (χ4n) is 12.8. The number of allylic oxidation sites excluding steroid dienone is 2. The van der Waals surface area contributed by atoms with E-state index in [1.807, 2.05) is 12.1 Å². The Morgan fingerprint density at radius 1 is 0.771 bits per heavy atom. The Balaban J connectivity index is 1.19. The summed E-state index contributed by atoms with van der Waals surface area (Å²) in [4.78, 5) is 37.5. The third kappa shape index (κ3) is 5.36. The smallest absolute Gasteiger partial charge is 0.337 e. The van der Waals surface area contributed by atoms with Crippen molar-refractivity contribution in [2.24, 2.45) is 50.7 Å². The van der Waals surface area contributed by atoms with Crippen LogP contribution in [-0.2, 0) is 19.1 Å². The molecule has 7 heteroatoms. The first-order valence-electron chi connectivity index (χ1n) is 18.7. The maximum atomic E-state index is 14.0.